The van der Waals surface area contributed by atoms with E-state index >= 15 is 0 Å². The van der Waals surface area contributed by atoms with Crippen molar-refractivity contribution in [2.45, 2.75) is 32.1 Å². The summed E-state index contributed by atoms with van der Waals surface area (Å²) in [4.78, 5) is 22.0. The Morgan fingerprint density at radius 1 is 1.39 bits per heavy atom. The number of piperidine rings is 1. The number of carboxylic acids is 1. The summed E-state index contributed by atoms with van der Waals surface area (Å²) in [6, 6.07) is 1.52. The summed E-state index contributed by atoms with van der Waals surface area (Å²) in [6.45, 7) is 5.93. The molecule has 2 heterocycles. The second-order valence-corrected chi connectivity index (χ2v) is 5.39. The van der Waals surface area contributed by atoms with Gasteiger partial charge in [-0.15, -0.1) is 0 Å². The van der Waals surface area contributed by atoms with E-state index in [-0.39, 0.29) is 11.1 Å². The van der Waals surface area contributed by atoms with Crippen LogP contribution in [0.2, 0.25) is 0 Å². The first kappa shape index (κ1) is 13.0. The van der Waals surface area contributed by atoms with Crippen molar-refractivity contribution in [1.82, 2.24) is 14.9 Å². The normalized spacial score (nSPS) is 19.7. The zero-order valence-electron chi connectivity index (χ0n) is 11.1. The Morgan fingerprint density at radius 2 is 2.00 bits per heavy atom. The van der Waals surface area contributed by atoms with Gasteiger partial charge in [-0.3, -0.25) is 0 Å². The van der Waals surface area contributed by atoms with Gasteiger partial charge in [-0.25, -0.2) is 14.8 Å². The molecule has 18 heavy (non-hydrogen) atoms. The monoisotopic (exact) mass is 249 g/mol. The van der Waals surface area contributed by atoms with Gasteiger partial charge in [-0.05, 0) is 46.0 Å². The molecule has 5 heteroatoms. The summed E-state index contributed by atoms with van der Waals surface area (Å²) in [7, 11) is 2.10. The Labute approximate surface area is 107 Å². The zero-order chi connectivity index (χ0) is 13.3. The second-order valence-electron chi connectivity index (χ2n) is 5.39. The molecule has 0 unspecified atom stereocenters. The molecule has 98 valence electrons. The van der Waals surface area contributed by atoms with Crippen LogP contribution in [0.4, 0.5) is 0 Å². The van der Waals surface area contributed by atoms with E-state index in [2.05, 4.69) is 28.8 Å². The highest BCUT2D eigenvalue weighted by Gasteiger charge is 2.34. The van der Waals surface area contributed by atoms with Gasteiger partial charge in [-0.2, -0.15) is 0 Å². The number of likely N-dealkylation sites (tertiary alicyclic amines) is 1. The minimum absolute atomic E-state index is 0.0950. The zero-order valence-corrected chi connectivity index (χ0v) is 11.1. The van der Waals surface area contributed by atoms with Crippen LogP contribution < -0.4 is 0 Å². The smallest absolute Gasteiger partial charge is 0.354 e. The van der Waals surface area contributed by atoms with Crippen molar-refractivity contribution in [2.24, 2.45) is 0 Å². The molecule has 1 aliphatic heterocycles. The maximum Gasteiger partial charge on any atom is 0.354 e. The summed E-state index contributed by atoms with van der Waals surface area (Å²) in [5.41, 5.74) is 0.707. The van der Waals surface area contributed by atoms with Crippen LogP contribution in [-0.2, 0) is 5.41 Å². The molecule has 0 atom stereocenters. The van der Waals surface area contributed by atoms with Gasteiger partial charge < -0.3 is 10.0 Å². The van der Waals surface area contributed by atoms with Crippen LogP contribution in [0, 0.1) is 6.92 Å². The Bertz CT molecular complexity index is 465. The van der Waals surface area contributed by atoms with Gasteiger partial charge in [-0.1, -0.05) is 6.92 Å². The van der Waals surface area contributed by atoms with Gasteiger partial charge >= 0.3 is 5.97 Å². The van der Waals surface area contributed by atoms with E-state index < -0.39 is 5.97 Å². The average molecular weight is 249 g/mol. The summed E-state index contributed by atoms with van der Waals surface area (Å²) >= 11 is 0. The summed E-state index contributed by atoms with van der Waals surface area (Å²) in [6.07, 6.45) is 1.93. The van der Waals surface area contributed by atoms with Crippen LogP contribution in [0.3, 0.4) is 0 Å². The molecule has 2 rings (SSSR count). The van der Waals surface area contributed by atoms with Crippen molar-refractivity contribution >= 4 is 5.97 Å². The van der Waals surface area contributed by atoms with Crippen LogP contribution in [-0.4, -0.2) is 46.1 Å². The predicted octanol–water partition coefficient (Wildman–Crippen LogP) is 1.47. The van der Waals surface area contributed by atoms with Gasteiger partial charge in [0.25, 0.3) is 0 Å². The number of aryl methyl sites for hydroxylation is 1. The molecule has 1 N–H and O–H groups in total. The number of rotatable bonds is 2. The molecule has 1 aromatic heterocycles. The molecule has 0 radical (unpaired) electrons. The molecule has 1 fully saturated rings. The lowest BCUT2D eigenvalue weighted by Gasteiger charge is -2.36. The Kier molecular flexibility index (Phi) is 3.34. The Morgan fingerprint density at radius 3 is 2.56 bits per heavy atom. The van der Waals surface area contributed by atoms with Crippen molar-refractivity contribution in [3.8, 4) is 0 Å². The number of hydrogen-bond acceptors (Lipinski definition) is 4. The van der Waals surface area contributed by atoms with Gasteiger partial charge in [0, 0.05) is 11.1 Å². The minimum Gasteiger partial charge on any atom is -0.477 e. The first-order chi connectivity index (χ1) is 8.40. The van der Waals surface area contributed by atoms with E-state index in [0.717, 1.165) is 31.6 Å². The van der Waals surface area contributed by atoms with Gasteiger partial charge in [0.15, 0.2) is 5.69 Å². The van der Waals surface area contributed by atoms with Crippen LogP contribution in [0.5, 0.6) is 0 Å². The molecule has 0 aliphatic carbocycles. The molecule has 1 saturated heterocycles. The van der Waals surface area contributed by atoms with Crippen molar-refractivity contribution in [2.75, 3.05) is 20.1 Å². The van der Waals surface area contributed by atoms with Gasteiger partial charge in [0.2, 0.25) is 0 Å². The number of carbonyl (C=O) groups is 1. The number of aromatic carboxylic acids is 1. The minimum atomic E-state index is -0.988. The Hall–Kier alpha value is -1.49. The molecular formula is C13H19N3O2. The third kappa shape index (κ3) is 2.51. The topological polar surface area (TPSA) is 66.3 Å². The molecule has 0 saturated carbocycles. The van der Waals surface area contributed by atoms with Crippen molar-refractivity contribution in [3.63, 3.8) is 0 Å². The molecule has 1 aromatic rings. The summed E-state index contributed by atoms with van der Waals surface area (Å²) in [5.74, 6) is -0.314. The Balaban J connectivity index is 2.35. The van der Waals surface area contributed by atoms with Crippen molar-refractivity contribution < 1.29 is 9.90 Å². The molecule has 1 aliphatic rings. The summed E-state index contributed by atoms with van der Waals surface area (Å²) < 4.78 is 0. The van der Waals surface area contributed by atoms with E-state index in [1.807, 2.05) is 6.92 Å². The third-order valence-corrected chi connectivity index (χ3v) is 3.70. The second kappa shape index (κ2) is 4.65. The average Bonchev–Trinajstić information content (AvgIpc) is 2.32. The number of aromatic nitrogens is 2. The maximum atomic E-state index is 11.0. The van der Waals surface area contributed by atoms with Gasteiger partial charge in [0.1, 0.15) is 5.82 Å². The highest BCUT2D eigenvalue weighted by molar-refractivity contribution is 5.85. The molecule has 0 bridgehead atoms. The van der Waals surface area contributed by atoms with E-state index in [0.29, 0.717) is 5.82 Å². The van der Waals surface area contributed by atoms with E-state index in [1.54, 1.807) is 0 Å². The van der Waals surface area contributed by atoms with E-state index in [1.165, 1.54) is 6.07 Å². The van der Waals surface area contributed by atoms with E-state index in [4.69, 9.17) is 5.11 Å². The fraction of sp³-hybridized carbons (Fsp3) is 0.615. The highest BCUT2D eigenvalue weighted by Crippen LogP contribution is 2.32. The standard InChI is InChI=1S/C13H19N3O2/c1-9-8-10(11(17)18)15-12(14-9)13(2)4-6-16(3)7-5-13/h8H,4-7H2,1-3H3,(H,17,18). The molecule has 0 amide bonds. The van der Waals surface area contributed by atoms with E-state index in [9.17, 15) is 4.79 Å². The SMILES string of the molecule is Cc1cc(C(=O)O)nc(C2(C)CCN(C)CC2)n1. The van der Waals surface area contributed by atoms with Crippen molar-refractivity contribution in [1.29, 1.82) is 0 Å². The predicted molar refractivity (Wildman–Crippen MR) is 67.8 cm³/mol. The maximum absolute atomic E-state index is 11.0. The highest BCUT2D eigenvalue weighted by atomic mass is 16.4. The lowest BCUT2D eigenvalue weighted by atomic mass is 9.79. The summed E-state index contributed by atoms with van der Waals surface area (Å²) in [5, 5.41) is 9.06. The fourth-order valence-corrected chi connectivity index (χ4v) is 2.28. The molecule has 0 spiro atoms. The molecule has 5 nitrogen and oxygen atoms in total. The quantitative estimate of drug-likeness (QED) is 0.859. The number of nitrogens with zero attached hydrogens (tertiary/aromatic N) is 3. The van der Waals surface area contributed by atoms with Crippen LogP contribution in [0.1, 0.15) is 41.8 Å². The van der Waals surface area contributed by atoms with Crippen LogP contribution >= 0.6 is 0 Å². The van der Waals surface area contributed by atoms with Crippen LogP contribution in [0.15, 0.2) is 6.07 Å². The van der Waals surface area contributed by atoms with Gasteiger partial charge in [0.05, 0.1) is 0 Å². The largest absolute Gasteiger partial charge is 0.477 e. The van der Waals surface area contributed by atoms with Crippen LogP contribution in [0.25, 0.3) is 0 Å². The van der Waals surface area contributed by atoms with Crippen molar-refractivity contribution in [3.05, 3.63) is 23.3 Å². The number of carboxylic acid groups (broad SMARTS) is 1. The fourth-order valence-electron chi connectivity index (χ4n) is 2.28. The number of hydrogen-bond donors (Lipinski definition) is 1. The lowest BCUT2D eigenvalue weighted by Crippen LogP contribution is -2.40. The third-order valence-electron chi connectivity index (χ3n) is 3.70. The molecule has 0 aromatic carbocycles. The first-order valence-corrected chi connectivity index (χ1v) is 6.19. The molecular weight excluding hydrogens is 230 g/mol. The lowest BCUT2D eigenvalue weighted by molar-refractivity contribution is 0.0689. The first-order valence-electron chi connectivity index (χ1n) is 6.19.